The highest BCUT2D eigenvalue weighted by Gasteiger charge is 2.51. The second-order valence-electron chi connectivity index (χ2n) is 10.0. The zero-order chi connectivity index (χ0) is 20.8. The van der Waals surface area contributed by atoms with E-state index >= 15 is 0 Å². The van der Waals surface area contributed by atoms with E-state index in [0.717, 1.165) is 36.2 Å². The average Bonchev–Trinajstić information content (AvgIpc) is 3.50. The van der Waals surface area contributed by atoms with Gasteiger partial charge in [0, 0.05) is 23.2 Å². The van der Waals surface area contributed by atoms with Crippen LogP contribution in [0.5, 0.6) is 0 Å². The van der Waals surface area contributed by atoms with E-state index in [1.165, 1.54) is 5.56 Å². The molecule has 2 amide bonds. The Morgan fingerprint density at radius 3 is 1.83 bits per heavy atom. The highest BCUT2D eigenvalue weighted by Crippen LogP contribution is 2.52. The molecule has 2 aromatic carbocycles. The van der Waals surface area contributed by atoms with Crippen molar-refractivity contribution in [1.29, 1.82) is 0 Å². The van der Waals surface area contributed by atoms with Gasteiger partial charge in [-0.1, -0.05) is 52.0 Å². The predicted molar refractivity (Wildman–Crippen MR) is 117 cm³/mol. The first-order valence-electron chi connectivity index (χ1n) is 10.4. The number of hydrogen-bond acceptors (Lipinski definition) is 2. The van der Waals surface area contributed by atoms with Crippen molar-refractivity contribution in [2.45, 2.75) is 47.0 Å². The summed E-state index contributed by atoms with van der Waals surface area (Å²) in [5.41, 5.74) is 4.28. The number of rotatable bonds is 6. The Morgan fingerprint density at radius 1 is 0.793 bits per heavy atom. The van der Waals surface area contributed by atoms with Crippen LogP contribution >= 0.6 is 0 Å². The summed E-state index contributed by atoms with van der Waals surface area (Å²) in [5, 5.41) is 6.07. The summed E-state index contributed by atoms with van der Waals surface area (Å²) >= 11 is 0. The first kappa shape index (κ1) is 19.7. The van der Waals surface area contributed by atoms with E-state index in [2.05, 4.69) is 44.4 Å². The quantitative estimate of drug-likeness (QED) is 0.708. The average molecular weight is 391 g/mol. The minimum absolute atomic E-state index is 0.116. The highest BCUT2D eigenvalue weighted by atomic mass is 16.2. The van der Waals surface area contributed by atoms with Gasteiger partial charge in [-0.15, -0.1) is 0 Å². The van der Waals surface area contributed by atoms with Crippen LogP contribution in [0.1, 0.15) is 51.7 Å². The molecule has 4 heteroatoms. The van der Waals surface area contributed by atoms with Gasteiger partial charge >= 0.3 is 0 Å². The van der Waals surface area contributed by atoms with Crippen molar-refractivity contribution in [3.05, 3.63) is 59.7 Å². The van der Waals surface area contributed by atoms with Gasteiger partial charge in [0.25, 0.3) is 0 Å². The van der Waals surface area contributed by atoms with Crippen LogP contribution in [0.15, 0.2) is 48.5 Å². The fourth-order valence-electron chi connectivity index (χ4n) is 3.99. The largest absolute Gasteiger partial charge is 0.326 e. The molecule has 4 rings (SSSR count). The lowest BCUT2D eigenvalue weighted by atomic mass is 10.0. The lowest BCUT2D eigenvalue weighted by Crippen LogP contribution is -2.16. The molecule has 0 heterocycles. The smallest absolute Gasteiger partial charge is 0.228 e. The van der Waals surface area contributed by atoms with Crippen molar-refractivity contribution in [1.82, 2.24) is 0 Å². The lowest BCUT2D eigenvalue weighted by Gasteiger charge is -2.10. The molecular weight excluding hydrogens is 360 g/mol. The maximum atomic E-state index is 12.3. The lowest BCUT2D eigenvalue weighted by molar-refractivity contribution is -0.118. The third-order valence-electron chi connectivity index (χ3n) is 6.48. The van der Waals surface area contributed by atoms with E-state index in [1.54, 1.807) is 0 Å². The number of amides is 2. The van der Waals surface area contributed by atoms with Gasteiger partial charge in [-0.3, -0.25) is 9.59 Å². The molecular formula is C25H30N2O2. The summed E-state index contributed by atoms with van der Waals surface area (Å²) in [6.07, 6.45) is 2.70. The molecule has 0 aromatic heterocycles. The van der Waals surface area contributed by atoms with E-state index in [-0.39, 0.29) is 34.5 Å². The number of anilines is 2. The van der Waals surface area contributed by atoms with Gasteiger partial charge in [-0.05, 0) is 65.5 Å². The summed E-state index contributed by atoms with van der Waals surface area (Å²) in [4.78, 5) is 24.6. The summed E-state index contributed by atoms with van der Waals surface area (Å²) in [5.74, 6) is 0.479. The molecule has 0 aliphatic heterocycles. The van der Waals surface area contributed by atoms with Crippen LogP contribution in [0.4, 0.5) is 11.4 Å². The predicted octanol–water partition coefficient (Wildman–Crippen LogP) is 5.25. The normalized spacial score (nSPS) is 23.2. The fraction of sp³-hybridized carbons (Fsp3) is 0.440. The Morgan fingerprint density at radius 2 is 1.31 bits per heavy atom. The molecule has 2 aliphatic rings. The number of nitrogens with one attached hydrogen (secondary N) is 2. The molecule has 4 nitrogen and oxygen atoms in total. The van der Waals surface area contributed by atoms with E-state index < -0.39 is 0 Å². The molecule has 2 aromatic rings. The number of carbonyl (C=O) groups excluding carboxylic acids is 2. The highest BCUT2D eigenvalue weighted by molar-refractivity contribution is 5.95. The Balaban J connectivity index is 1.34. The van der Waals surface area contributed by atoms with Gasteiger partial charge in [0.1, 0.15) is 0 Å². The Kier molecular flexibility index (Phi) is 4.76. The van der Waals surface area contributed by atoms with Crippen LogP contribution in [-0.2, 0) is 16.0 Å². The zero-order valence-electron chi connectivity index (χ0n) is 17.7. The van der Waals surface area contributed by atoms with E-state index in [1.807, 2.05) is 42.5 Å². The van der Waals surface area contributed by atoms with Crippen LogP contribution in [0.3, 0.4) is 0 Å². The van der Waals surface area contributed by atoms with E-state index in [9.17, 15) is 9.59 Å². The molecule has 0 radical (unpaired) electrons. The third-order valence-corrected chi connectivity index (χ3v) is 6.48. The van der Waals surface area contributed by atoms with Crippen molar-refractivity contribution in [3.8, 4) is 0 Å². The van der Waals surface area contributed by atoms with E-state index in [4.69, 9.17) is 0 Å². The SMILES string of the molecule is CC1(C)CC1C(=O)Nc1ccc(Cc2cccc(NC(=O)C3CC3(C)C)c2)cc1. The standard InChI is InChI=1S/C25H30N2O2/c1-24(2)14-20(24)22(28)26-18-10-8-16(9-11-18)12-17-6-5-7-19(13-17)27-23(29)21-15-25(21,3)4/h5-11,13,20-21H,12,14-15H2,1-4H3,(H,26,28)(H,27,29). The number of carbonyl (C=O) groups is 2. The van der Waals surface area contributed by atoms with Gasteiger partial charge in [-0.25, -0.2) is 0 Å². The molecule has 0 bridgehead atoms. The minimum atomic E-state index is 0.116. The summed E-state index contributed by atoms with van der Waals surface area (Å²) in [6, 6.07) is 16.0. The minimum Gasteiger partial charge on any atom is -0.326 e. The Labute approximate surface area is 173 Å². The van der Waals surface area contributed by atoms with Crippen molar-refractivity contribution in [3.63, 3.8) is 0 Å². The fourth-order valence-corrected chi connectivity index (χ4v) is 3.99. The molecule has 2 atom stereocenters. The van der Waals surface area contributed by atoms with Gasteiger partial charge < -0.3 is 10.6 Å². The summed E-state index contributed by atoms with van der Waals surface area (Å²) < 4.78 is 0. The van der Waals surface area contributed by atoms with Crippen molar-refractivity contribution in [2.24, 2.45) is 22.7 Å². The molecule has 152 valence electrons. The van der Waals surface area contributed by atoms with Gasteiger partial charge in [0.05, 0.1) is 0 Å². The molecule has 0 spiro atoms. The van der Waals surface area contributed by atoms with Crippen LogP contribution < -0.4 is 10.6 Å². The monoisotopic (exact) mass is 390 g/mol. The van der Waals surface area contributed by atoms with Crippen LogP contribution in [0.25, 0.3) is 0 Å². The number of hydrogen-bond donors (Lipinski definition) is 2. The van der Waals surface area contributed by atoms with Crippen LogP contribution in [0.2, 0.25) is 0 Å². The van der Waals surface area contributed by atoms with Gasteiger partial charge in [0.2, 0.25) is 11.8 Å². The number of benzene rings is 2. The molecule has 2 N–H and O–H groups in total. The van der Waals surface area contributed by atoms with Crippen LogP contribution in [-0.4, -0.2) is 11.8 Å². The second-order valence-corrected chi connectivity index (χ2v) is 10.0. The molecule has 2 fully saturated rings. The molecule has 29 heavy (non-hydrogen) atoms. The third kappa shape index (κ3) is 4.52. The first-order chi connectivity index (χ1) is 13.6. The topological polar surface area (TPSA) is 58.2 Å². The molecule has 2 saturated carbocycles. The van der Waals surface area contributed by atoms with E-state index in [0.29, 0.717) is 0 Å². The Hall–Kier alpha value is -2.62. The molecule has 0 saturated heterocycles. The van der Waals surface area contributed by atoms with Crippen molar-refractivity contribution < 1.29 is 9.59 Å². The van der Waals surface area contributed by atoms with Gasteiger partial charge in [-0.2, -0.15) is 0 Å². The van der Waals surface area contributed by atoms with Crippen molar-refractivity contribution in [2.75, 3.05) is 10.6 Å². The Bertz CT molecular complexity index is 944. The van der Waals surface area contributed by atoms with Crippen molar-refractivity contribution >= 4 is 23.2 Å². The maximum Gasteiger partial charge on any atom is 0.228 e. The zero-order valence-corrected chi connectivity index (χ0v) is 17.7. The second kappa shape index (κ2) is 7.01. The molecule has 2 aliphatic carbocycles. The summed E-state index contributed by atoms with van der Waals surface area (Å²) in [7, 11) is 0. The van der Waals surface area contributed by atoms with Gasteiger partial charge in [0.15, 0.2) is 0 Å². The van der Waals surface area contributed by atoms with Crippen LogP contribution in [0, 0.1) is 22.7 Å². The maximum absolute atomic E-state index is 12.3. The first-order valence-corrected chi connectivity index (χ1v) is 10.4. The molecule has 2 unspecified atom stereocenters. The summed E-state index contributed by atoms with van der Waals surface area (Å²) in [6.45, 7) is 8.52.